The summed E-state index contributed by atoms with van der Waals surface area (Å²) in [5.41, 5.74) is 3.35. The summed E-state index contributed by atoms with van der Waals surface area (Å²) in [5, 5.41) is 0. The van der Waals surface area contributed by atoms with Gasteiger partial charge in [0.1, 0.15) is 5.82 Å². The summed E-state index contributed by atoms with van der Waals surface area (Å²) >= 11 is 0. The van der Waals surface area contributed by atoms with Crippen molar-refractivity contribution in [2.24, 2.45) is 5.92 Å². The molecule has 0 N–H and O–H groups in total. The summed E-state index contributed by atoms with van der Waals surface area (Å²) < 4.78 is 50.1. The molecule has 2 unspecified atom stereocenters. The third kappa shape index (κ3) is 5.28. The van der Waals surface area contributed by atoms with Gasteiger partial charge in [-0.2, -0.15) is 0 Å². The van der Waals surface area contributed by atoms with Crippen LogP contribution >= 0.6 is 0 Å². The van der Waals surface area contributed by atoms with Gasteiger partial charge in [-0.05, 0) is 54.0 Å². The van der Waals surface area contributed by atoms with Gasteiger partial charge in [0.05, 0.1) is 12.7 Å². The summed E-state index contributed by atoms with van der Waals surface area (Å²) in [5.74, 6) is -1.55. The van der Waals surface area contributed by atoms with Crippen LogP contribution in [0.25, 0.3) is 22.3 Å². The maximum absolute atomic E-state index is 14.9. The molecule has 2 atom stereocenters. The van der Waals surface area contributed by atoms with Gasteiger partial charge in [-0.25, -0.2) is 13.2 Å². The number of ether oxygens (including phenoxy) is 1. The van der Waals surface area contributed by atoms with Gasteiger partial charge in [0.15, 0.2) is 11.6 Å². The van der Waals surface area contributed by atoms with Gasteiger partial charge in [0, 0.05) is 17.0 Å². The van der Waals surface area contributed by atoms with Crippen LogP contribution < -0.4 is 0 Å². The predicted molar refractivity (Wildman–Crippen MR) is 132 cm³/mol. The third-order valence-electron chi connectivity index (χ3n) is 6.73. The third-order valence-corrected chi connectivity index (χ3v) is 6.73. The molecule has 1 fully saturated rings. The molecule has 0 spiro atoms. The molecule has 0 saturated carbocycles. The topological polar surface area (TPSA) is 9.23 Å². The molecule has 0 aromatic heterocycles. The number of hydrogen-bond donors (Lipinski definition) is 0. The van der Waals surface area contributed by atoms with Crippen LogP contribution in [0.15, 0.2) is 67.3 Å². The van der Waals surface area contributed by atoms with Crippen molar-refractivity contribution in [3.63, 3.8) is 0 Å². The Labute approximate surface area is 200 Å². The number of halogens is 3. The molecule has 0 aliphatic carbocycles. The smallest absolute Gasteiger partial charge is 0.166 e. The van der Waals surface area contributed by atoms with Crippen molar-refractivity contribution in [1.29, 1.82) is 0 Å². The molecule has 3 aromatic carbocycles. The van der Waals surface area contributed by atoms with Gasteiger partial charge in [0.2, 0.25) is 0 Å². The summed E-state index contributed by atoms with van der Waals surface area (Å²) in [6, 6.07) is 15.6. The Morgan fingerprint density at radius 3 is 2.26 bits per heavy atom. The Bertz CT molecular complexity index is 1130. The van der Waals surface area contributed by atoms with Crippen molar-refractivity contribution >= 4 is 0 Å². The molecule has 1 aliphatic heterocycles. The first-order chi connectivity index (χ1) is 16.5. The molecule has 1 nitrogen and oxygen atoms in total. The molecule has 1 heterocycles. The van der Waals surface area contributed by atoms with E-state index in [1.54, 1.807) is 30.3 Å². The molecule has 178 valence electrons. The van der Waals surface area contributed by atoms with Crippen LogP contribution in [-0.4, -0.2) is 6.61 Å². The minimum absolute atomic E-state index is 0.233. The van der Waals surface area contributed by atoms with Gasteiger partial charge >= 0.3 is 0 Å². The minimum Gasteiger partial charge on any atom is -0.373 e. The van der Waals surface area contributed by atoms with Crippen LogP contribution in [0.3, 0.4) is 0 Å². The standard InChI is InChI=1S/C30H31F3O/c1-3-5-6-7-23-13-15-25(30(33)29(23)32)22-11-9-21(10-12-22)24-14-16-26(27(31)18-24)28-17-8-20(4-2)19-34-28/h4,9-16,18,20,28H,2-3,5-8,17,19H2,1H3. The highest BCUT2D eigenvalue weighted by molar-refractivity contribution is 5.71. The van der Waals surface area contributed by atoms with E-state index in [4.69, 9.17) is 4.74 Å². The Hall–Kier alpha value is -2.85. The monoisotopic (exact) mass is 464 g/mol. The normalized spacial score (nSPS) is 18.1. The van der Waals surface area contributed by atoms with Crippen molar-refractivity contribution in [3.8, 4) is 22.3 Å². The van der Waals surface area contributed by atoms with Crippen molar-refractivity contribution in [2.75, 3.05) is 6.61 Å². The van der Waals surface area contributed by atoms with Gasteiger partial charge in [-0.1, -0.05) is 74.4 Å². The molecule has 4 rings (SSSR count). The molecule has 4 heteroatoms. The average Bonchev–Trinajstić information content (AvgIpc) is 2.87. The van der Waals surface area contributed by atoms with E-state index in [-0.39, 0.29) is 17.5 Å². The largest absolute Gasteiger partial charge is 0.373 e. The first kappa shape index (κ1) is 24.3. The first-order valence-electron chi connectivity index (χ1n) is 12.1. The molecule has 1 saturated heterocycles. The number of hydrogen-bond acceptors (Lipinski definition) is 1. The van der Waals surface area contributed by atoms with Gasteiger partial charge in [0.25, 0.3) is 0 Å². The SMILES string of the molecule is C=CC1CCC(c2ccc(-c3ccc(-c4ccc(CCCCC)c(F)c4F)cc3)cc2F)OC1. The summed E-state index contributed by atoms with van der Waals surface area (Å²) in [6.45, 7) is 6.45. The minimum atomic E-state index is -0.816. The second kappa shape index (κ2) is 11.1. The zero-order valence-electron chi connectivity index (χ0n) is 19.6. The van der Waals surface area contributed by atoms with E-state index in [9.17, 15) is 13.2 Å². The Kier molecular flexibility index (Phi) is 7.89. The summed E-state index contributed by atoms with van der Waals surface area (Å²) in [4.78, 5) is 0. The molecule has 0 bridgehead atoms. The molecular formula is C30H31F3O. The lowest BCUT2D eigenvalue weighted by atomic mass is 9.93. The number of aryl methyl sites for hydroxylation is 1. The van der Waals surface area contributed by atoms with Crippen molar-refractivity contribution in [2.45, 2.75) is 51.6 Å². The maximum Gasteiger partial charge on any atom is 0.166 e. The highest BCUT2D eigenvalue weighted by Gasteiger charge is 2.24. The lowest BCUT2D eigenvalue weighted by Crippen LogP contribution is -2.19. The van der Waals surface area contributed by atoms with Crippen LogP contribution in [0.2, 0.25) is 0 Å². The van der Waals surface area contributed by atoms with Crippen molar-refractivity contribution in [1.82, 2.24) is 0 Å². The van der Waals surface area contributed by atoms with Crippen LogP contribution in [0, 0.1) is 23.4 Å². The molecule has 3 aromatic rings. The lowest BCUT2D eigenvalue weighted by Gasteiger charge is -2.28. The molecule has 0 radical (unpaired) electrons. The average molecular weight is 465 g/mol. The van der Waals surface area contributed by atoms with Gasteiger partial charge in [-0.3, -0.25) is 0 Å². The predicted octanol–water partition coefficient (Wildman–Crippen LogP) is 8.82. The van der Waals surface area contributed by atoms with Crippen LogP contribution in [-0.2, 0) is 11.2 Å². The maximum atomic E-state index is 14.9. The Morgan fingerprint density at radius 1 is 0.882 bits per heavy atom. The van der Waals surface area contributed by atoms with Crippen LogP contribution in [0.1, 0.15) is 56.3 Å². The molecular weight excluding hydrogens is 433 g/mol. The summed E-state index contributed by atoms with van der Waals surface area (Å²) in [6.07, 6.45) is 6.77. The quantitative estimate of drug-likeness (QED) is 0.239. The highest BCUT2D eigenvalue weighted by atomic mass is 19.2. The Morgan fingerprint density at radius 2 is 1.62 bits per heavy atom. The number of unbranched alkanes of at least 4 members (excludes halogenated alkanes) is 2. The van der Waals surface area contributed by atoms with E-state index in [0.29, 0.717) is 35.6 Å². The fourth-order valence-electron chi connectivity index (χ4n) is 4.58. The fourth-order valence-corrected chi connectivity index (χ4v) is 4.58. The Balaban J connectivity index is 1.50. The molecule has 0 amide bonds. The zero-order chi connectivity index (χ0) is 24.1. The zero-order valence-corrected chi connectivity index (χ0v) is 19.6. The van der Waals surface area contributed by atoms with E-state index >= 15 is 0 Å². The molecule has 1 aliphatic rings. The van der Waals surface area contributed by atoms with Crippen molar-refractivity contribution in [3.05, 3.63) is 95.8 Å². The number of benzene rings is 3. The second-order valence-electron chi connectivity index (χ2n) is 9.07. The summed E-state index contributed by atoms with van der Waals surface area (Å²) in [7, 11) is 0. The highest BCUT2D eigenvalue weighted by Crippen LogP contribution is 2.35. The second-order valence-corrected chi connectivity index (χ2v) is 9.07. The van der Waals surface area contributed by atoms with E-state index in [0.717, 1.165) is 43.2 Å². The van der Waals surface area contributed by atoms with E-state index in [2.05, 4.69) is 13.5 Å². The van der Waals surface area contributed by atoms with Crippen LogP contribution in [0.5, 0.6) is 0 Å². The fraction of sp³-hybridized carbons (Fsp3) is 0.333. The van der Waals surface area contributed by atoms with Gasteiger partial charge < -0.3 is 4.74 Å². The molecule has 34 heavy (non-hydrogen) atoms. The van der Waals surface area contributed by atoms with E-state index in [1.165, 1.54) is 6.07 Å². The van der Waals surface area contributed by atoms with Crippen molar-refractivity contribution < 1.29 is 17.9 Å². The van der Waals surface area contributed by atoms with E-state index in [1.807, 2.05) is 24.3 Å². The van der Waals surface area contributed by atoms with Crippen LogP contribution in [0.4, 0.5) is 13.2 Å². The first-order valence-corrected chi connectivity index (χ1v) is 12.1. The van der Waals surface area contributed by atoms with E-state index < -0.39 is 11.6 Å². The number of rotatable bonds is 8. The van der Waals surface area contributed by atoms with Gasteiger partial charge in [-0.15, -0.1) is 6.58 Å². The lowest BCUT2D eigenvalue weighted by molar-refractivity contribution is -0.00700.